The van der Waals surface area contributed by atoms with Crippen molar-refractivity contribution in [2.75, 3.05) is 0 Å². The van der Waals surface area contributed by atoms with Crippen molar-refractivity contribution < 1.29 is 24.2 Å². The fourth-order valence-electron chi connectivity index (χ4n) is 2.90. The number of carboxylic acid groups (broad SMARTS) is 1. The molecule has 2 bridgehead atoms. The molecule has 6 nitrogen and oxygen atoms in total. The van der Waals surface area contributed by atoms with Gasteiger partial charge in [-0.3, -0.25) is 9.59 Å². The third kappa shape index (κ3) is 2.47. The number of carbonyl (C=O) groups is 3. The van der Waals surface area contributed by atoms with Crippen LogP contribution in [-0.2, 0) is 20.9 Å². The molecule has 0 radical (unpaired) electrons. The lowest BCUT2D eigenvalue weighted by Gasteiger charge is -2.42. The molecule has 2 amide bonds. The molecule has 2 heterocycles. The van der Waals surface area contributed by atoms with Crippen LogP contribution < -0.4 is 0 Å². The van der Waals surface area contributed by atoms with Gasteiger partial charge in [0.25, 0.3) is 0 Å². The summed E-state index contributed by atoms with van der Waals surface area (Å²) in [6, 6.07) is 8.33. The minimum Gasteiger partial charge on any atom is -0.481 e. The summed E-state index contributed by atoms with van der Waals surface area (Å²) in [4.78, 5) is 36.6. The number of benzene rings is 1. The summed E-state index contributed by atoms with van der Waals surface area (Å²) in [5.74, 6) is -2.72. The van der Waals surface area contributed by atoms with E-state index in [9.17, 15) is 19.5 Å². The topological polar surface area (TPSA) is 83.9 Å². The molecule has 114 valence electrons. The molecule has 3 unspecified atom stereocenters. The third-order valence-corrected chi connectivity index (χ3v) is 4.03. The Morgan fingerprint density at radius 1 is 1.23 bits per heavy atom. The molecule has 1 aromatic carbocycles. The second kappa shape index (κ2) is 5.63. The first-order valence-electron chi connectivity index (χ1n) is 7.03. The van der Waals surface area contributed by atoms with Gasteiger partial charge < -0.3 is 9.84 Å². The van der Waals surface area contributed by atoms with Crippen molar-refractivity contribution in [2.24, 2.45) is 11.8 Å². The maximum absolute atomic E-state index is 12.2. The van der Waals surface area contributed by atoms with Gasteiger partial charge in [0.15, 0.2) is 0 Å². The predicted molar refractivity (Wildman–Crippen MR) is 75.6 cm³/mol. The molecule has 1 aliphatic carbocycles. The minimum atomic E-state index is -1.01. The molecule has 1 saturated heterocycles. The quantitative estimate of drug-likeness (QED) is 0.861. The Morgan fingerprint density at radius 2 is 1.95 bits per heavy atom. The smallest absolute Gasteiger partial charge is 0.417 e. The van der Waals surface area contributed by atoms with Gasteiger partial charge in [0.05, 0.1) is 17.9 Å². The molecule has 6 heteroatoms. The molecule has 2 aliphatic heterocycles. The predicted octanol–water partition coefficient (Wildman–Crippen LogP) is 1.81. The van der Waals surface area contributed by atoms with E-state index in [4.69, 9.17) is 4.74 Å². The number of amides is 2. The van der Waals surface area contributed by atoms with Gasteiger partial charge in [-0.05, 0) is 12.0 Å². The van der Waals surface area contributed by atoms with Gasteiger partial charge in [-0.15, -0.1) is 0 Å². The Bertz CT molecular complexity index is 639. The van der Waals surface area contributed by atoms with Crippen LogP contribution in [0.5, 0.6) is 0 Å². The molecule has 22 heavy (non-hydrogen) atoms. The Labute approximate surface area is 127 Å². The zero-order valence-corrected chi connectivity index (χ0v) is 11.7. The lowest BCUT2D eigenvalue weighted by molar-refractivity contribution is -0.151. The fraction of sp³-hybridized carbons (Fsp3) is 0.312. The molecule has 3 aliphatic rings. The second-order valence-electron chi connectivity index (χ2n) is 5.41. The highest BCUT2D eigenvalue weighted by molar-refractivity contribution is 5.98. The van der Waals surface area contributed by atoms with E-state index >= 15 is 0 Å². The van der Waals surface area contributed by atoms with E-state index in [1.165, 1.54) is 0 Å². The summed E-state index contributed by atoms with van der Waals surface area (Å²) in [6.45, 7) is 0.0439. The van der Waals surface area contributed by atoms with Crippen LogP contribution in [0.3, 0.4) is 0 Å². The lowest BCUT2D eigenvalue weighted by Crippen LogP contribution is -2.58. The van der Waals surface area contributed by atoms with Crippen LogP contribution in [0, 0.1) is 11.8 Å². The summed E-state index contributed by atoms with van der Waals surface area (Å²) in [6.07, 6.45) is 2.72. The van der Waals surface area contributed by atoms with E-state index in [1.807, 2.05) is 18.2 Å². The molecule has 0 spiro atoms. The van der Waals surface area contributed by atoms with Crippen LogP contribution in [0.1, 0.15) is 12.0 Å². The van der Waals surface area contributed by atoms with E-state index in [0.717, 1.165) is 10.5 Å². The van der Waals surface area contributed by atoms with E-state index in [-0.39, 0.29) is 18.9 Å². The van der Waals surface area contributed by atoms with Gasteiger partial charge in [-0.2, -0.15) is 0 Å². The molecular weight excluding hydrogens is 286 g/mol. The van der Waals surface area contributed by atoms with Crippen molar-refractivity contribution in [1.29, 1.82) is 0 Å². The van der Waals surface area contributed by atoms with Crippen LogP contribution in [0.15, 0.2) is 42.5 Å². The number of aliphatic carboxylic acids is 1. The fourth-order valence-corrected chi connectivity index (χ4v) is 2.90. The highest BCUT2D eigenvalue weighted by Crippen LogP contribution is 2.36. The van der Waals surface area contributed by atoms with Crippen molar-refractivity contribution in [3.63, 3.8) is 0 Å². The number of hydrogen-bond donors (Lipinski definition) is 1. The number of imide groups is 1. The van der Waals surface area contributed by atoms with Gasteiger partial charge in [-0.1, -0.05) is 42.5 Å². The number of piperidine rings is 1. The minimum absolute atomic E-state index is 0.0439. The van der Waals surface area contributed by atoms with Crippen molar-refractivity contribution in [3.05, 3.63) is 48.0 Å². The van der Waals surface area contributed by atoms with Crippen LogP contribution in [-0.4, -0.2) is 34.0 Å². The average molecular weight is 301 g/mol. The first-order valence-corrected chi connectivity index (χ1v) is 7.03. The SMILES string of the molecule is O=C(O)C1CC2C=CC1N(C(=O)OCc1ccccc1)C2=O. The van der Waals surface area contributed by atoms with Crippen molar-refractivity contribution >= 4 is 18.0 Å². The molecule has 0 aromatic heterocycles. The molecule has 4 rings (SSSR count). The van der Waals surface area contributed by atoms with Crippen molar-refractivity contribution in [2.45, 2.75) is 19.1 Å². The summed E-state index contributed by atoms with van der Waals surface area (Å²) in [5.41, 5.74) is 0.802. The van der Waals surface area contributed by atoms with E-state index in [1.54, 1.807) is 24.3 Å². The van der Waals surface area contributed by atoms with Gasteiger partial charge >= 0.3 is 12.1 Å². The number of carbonyl (C=O) groups excluding carboxylic acids is 2. The first kappa shape index (κ1) is 14.3. The number of hydrogen-bond acceptors (Lipinski definition) is 4. The normalized spacial score (nSPS) is 26.1. The molecule has 0 saturated carbocycles. The Morgan fingerprint density at radius 3 is 2.64 bits per heavy atom. The standard InChI is InChI=1S/C16H15NO5/c18-14-11-6-7-13(12(8-11)15(19)20)17(14)16(21)22-9-10-4-2-1-3-5-10/h1-7,11-13H,8-9H2,(H,19,20). The monoisotopic (exact) mass is 301 g/mol. The van der Waals surface area contributed by atoms with Gasteiger partial charge in [-0.25, -0.2) is 9.69 Å². The lowest BCUT2D eigenvalue weighted by atomic mass is 9.77. The summed E-state index contributed by atoms with van der Waals surface area (Å²) < 4.78 is 5.16. The summed E-state index contributed by atoms with van der Waals surface area (Å²) in [7, 11) is 0. The second-order valence-corrected chi connectivity index (χ2v) is 5.41. The number of carboxylic acids is 1. The Kier molecular flexibility index (Phi) is 3.66. The van der Waals surface area contributed by atoms with Crippen molar-refractivity contribution in [3.8, 4) is 0 Å². The maximum Gasteiger partial charge on any atom is 0.417 e. The highest BCUT2D eigenvalue weighted by Gasteiger charge is 2.49. The molecule has 1 N–H and O–H groups in total. The van der Waals surface area contributed by atoms with E-state index in [2.05, 4.69) is 0 Å². The zero-order valence-electron chi connectivity index (χ0n) is 11.7. The van der Waals surface area contributed by atoms with Crippen LogP contribution >= 0.6 is 0 Å². The van der Waals surface area contributed by atoms with Crippen molar-refractivity contribution in [1.82, 2.24) is 4.90 Å². The van der Waals surface area contributed by atoms with Gasteiger partial charge in [0.2, 0.25) is 5.91 Å². The Balaban J connectivity index is 1.73. The number of fused-ring (bicyclic) bond motifs is 2. The highest BCUT2D eigenvalue weighted by atomic mass is 16.6. The van der Waals surface area contributed by atoms with E-state index in [0.29, 0.717) is 0 Å². The molecule has 1 aromatic rings. The number of rotatable bonds is 3. The average Bonchev–Trinajstić information content (AvgIpc) is 2.54. The number of ether oxygens (including phenoxy) is 1. The first-order chi connectivity index (χ1) is 10.6. The van der Waals surface area contributed by atoms with Crippen LogP contribution in [0.2, 0.25) is 0 Å². The van der Waals surface area contributed by atoms with Crippen LogP contribution in [0.25, 0.3) is 0 Å². The largest absolute Gasteiger partial charge is 0.481 e. The zero-order chi connectivity index (χ0) is 15.7. The summed E-state index contributed by atoms with van der Waals surface area (Å²) >= 11 is 0. The summed E-state index contributed by atoms with van der Waals surface area (Å²) in [5, 5.41) is 9.23. The number of nitrogens with zero attached hydrogens (tertiary/aromatic N) is 1. The van der Waals surface area contributed by atoms with Gasteiger partial charge in [0.1, 0.15) is 6.61 Å². The Hall–Kier alpha value is -2.63. The van der Waals surface area contributed by atoms with Gasteiger partial charge in [0, 0.05) is 0 Å². The molecular formula is C16H15NO5. The van der Waals surface area contributed by atoms with Crippen LogP contribution in [0.4, 0.5) is 4.79 Å². The third-order valence-electron chi connectivity index (χ3n) is 4.03. The van der Waals surface area contributed by atoms with E-state index < -0.39 is 29.9 Å². The molecule has 1 fully saturated rings. The molecule has 3 atom stereocenters. The maximum atomic E-state index is 12.2.